The van der Waals surface area contributed by atoms with Crippen LogP contribution in [0, 0.1) is 0 Å². The monoisotopic (exact) mass is 250 g/mol. The van der Waals surface area contributed by atoms with Crippen molar-refractivity contribution < 1.29 is 9.53 Å². The highest BCUT2D eigenvalue weighted by Crippen LogP contribution is 2.05. The zero-order valence-corrected chi connectivity index (χ0v) is 10.9. The smallest absolute Gasteiger partial charge is 0.217 e. The van der Waals surface area contributed by atoms with Crippen molar-refractivity contribution in [1.82, 2.24) is 5.32 Å². The lowest BCUT2D eigenvalue weighted by Crippen LogP contribution is -2.16. The Hall–Kier alpha value is -1.39. The second-order valence-electron chi connectivity index (χ2n) is 4.35. The molecule has 0 aliphatic carbocycles. The second kappa shape index (κ2) is 8.66. The zero-order chi connectivity index (χ0) is 13.2. The van der Waals surface area contributed by atoms with Gasteiger partial charge in [0.2, 0.25) is 5.91 Å². The molecule has 0 fully saturated rings. The number of benzene rings is 1. The van der Waals surface area contributed by atoms with Crippen LogP contribution in [0.2, 0.25) is 0 Å². The summed E-state index contributed by atoms with van der Waals surface area (Å²) in [4.78, 5) is 10.5. The molecule has 0 heterocycles. The quantitative estimate of drug-likeness (QED) is 0.654. The van der Waals surface area contributed by atoms with E-state index in [1.807, 2.05) is 0 Å². The van der Waals surface area contributed by atoms with Gasteiger partial charge in [-0.1, -0.05) is 24.3 Å². The van der Waals surface area contributed by atoms with Crippen LogP contribution in [0.15, 0.2) is 24.3 Å². The Bertz CT molecular complexity index is 349. The number of hydrogen-bond acceptors (Lipinski definition) is 3. The van der Waals surface area contributed by atoms with Crippen molar-refractivity contribution in [3.05, 3.63) is 35.4 Å². The van der Waals surface area contributed by atoms with Gasteiger partial charge >= 0.3 is 0 Å². The van der Waals surface area contributed by atoms with Gasteiger partial charge in [-0.15, -0.1) is 0 Å². The third-order valence-electron chi connectivity index (χ3n) is 2.69. The summed E-state index contributed by atoms with van der Waals surface area (Å²) in [5.41, 5.74) is 7.50. The Morgan fingerprint density at radius 3 is 2.50 bits per heavy atom. The number of rotatable bonds is 9. The summed E-state index contributed by atoms with van der Waals surface area (Å²) >= 11 is 0. The molecule has 0 saturated carbocycles. The first-order chi connectivity index (χ1) is 8.72. The normalized spacial score (nSPS) is 10.5. The van der Waals surface area contributed by atoms with E-state index in [2.05, 4.69) is 29.6 Å². The van der Waals surface area contributed by atoms with Gasteiger partial charge in [0.1, 0.15) is 0 Å². The van der Waals surface area contributed by atoms with Crippen LogP contribution in [0.4, 0.5) is 0 Å². The molecule has 0 atom stereocenters. The molecule has 0 radical (unpaired) electrons. The molecule has 1 amide bonds. The van der Waals surface area contributed by atoms with E-state index < -0.39 is 0 Å². The van der Waals surface area contributed by atoms with Crippen LogP contribution in [0.1, 0.15) is 30.4 Å². The van der Waals surface area contributed by atoms with Crippen molar-refractivity contribution in [2.45, 2.75) is 32.4 Å². The molecule has 1 aromatic rings. The number of carbonyl (C=O) groups is 1. The van der Waals surface area contributed by atoms with Crippen LogP contribution in [-0.4, -0.2) is 19.6 Å². The molecule has 0 aliphatic rings. The van der Waals surface area contributed by atoms with Crippen molar-refractivity contribution in [2.75, 3.05) is 13.7 Å². The molecule has 18 heavy (non-hydrogen) atoms. The number of nitrogens with two attached hydrogens (primary N) is 1. The first kappa shape index (κ1) is 14.7. The van der Waals surface area contributed by atoms with E-state index in [1.54, 1.807) is 7.11 Å². The number of nitrogens with one attached hydrogen (secondary N) is 1. The van der Waals surface area contributed by atoms with Crippen LogP contribution in [0.5, 0.6) is 0 Å². The number of ether oxygens (including phenoxy) is 1. The molecule has 0 saturated heterocycles. The number of hydrogen-bond donors (Lipinski definition) is 2. The van der Waals surface area contributed by atoms with Gasteiger partial charge in [0.05, 0.1) is 6.61 Å². The fraction of sp³-hybridized carbons (Fsp3) is 0.500. The largest absolute Gasteiger partial charge is 0.380 e. The summed E-state index contributed by atoms with van der Waals surface area (Å²) in [6, 6.07) is 8.36. The number of primary amides is 1. The topological polar surface area (TPSA) is 64.3 Å². The van der Waals surface area contributed by atoms with E-state index in [9.17, 15) is 4.79 Å². The van der Waals surface area contributed by atoms with Crippen molar-refractivity contribution in [1.29, 1.82) is 0 Å². The minimum absolute atomic E-state index is 0.219. The van der Waals surface area contributed by atoms with E-state index in [0.717, 1.165) is 25.9 Å². The molecule has 0 unspecified atom stereocenters. The van der Waals surface area contributed by atoms with Gasteiger partial charge in [0.25, 0.3) is 0 Å². The number of methoxy groups -OCH3 is 1. The lowest BCUT2D eigenvalue weighted by molar-refractivity contribution is -0.118. The van der Waals surface area contributed by atoms with Crippen molar-refractivity contribution in [3.8, 4) is 0 Å². The minimum Gasteiger partial charge on any atom is -0.380 e. The van der Waals surface area contributed by atoms with Gasteiger partial charge in [-0.05, 0) is 30.5 Å². The van der Waals surface area contributed by atoms with E-state index in [-0.39, 0.29) is 5.91 Å². The maximum Gasteiger partial charge on any atom is 0.217 e. The van der Waals surface area contributed by atoms with Crippen LogP contribution >= 0.6 is 0 Å². The average molecular weight is 250 g/mol. The number of amides is 1. The summed E-state index contributed by atoms with van der Waals surface area (Å²) in [6.07, 6.45) is 2.31. The molecule has 0 aromatic heterocycles. The Labute approximate surface area is 109 Å². The van der Waals surface area contributed by atoms with Gasteiger partial charge in [-0.2, -0.15) is 0 Å². The SMILES string of the molecule is COCc1ccc(CNCCCCC(N)=O)cc1. The maximum absolute atomic E-state index is 10.5. The Kier molecular flexibility index (Phi) is 7.06. The highest BCUT2D eigenvalue weighted by atomic mass is 16.5. The van der Waals surface area contributed by atoms with Crippen molar-refractivity contribution in [3.63, 3.8) is 0 Å². The molecule has 3 N–H and O–H groups in total. The van der Waals surface area contributed by atoms with E-state index >= 15 is 0 Å². The molecule has 1 aromatic carbocycles. The molecule has 4 heteroatoms. The molecule has 100 valence electrons. The van der Waals surface area contributed by atoms with Gasteiger partial charge in [-0.3, -0.25) is 4.79 Å². The van der Waals surface area contributed by atoms with Crippen molar-refractivity contribution in [2.24, 2.45) is 5.73 Å². The molecular weight excluding hydrogens is 228 g/mol. The van der Waals surface area contributed by atoms with Crippen LogP contribution in [0.25, 0.3) is 0 Å². The lowest BCUT2D eigenvalue weighted by atomic mass is 10.1. The van der Waals surface area contributed by atoms with E-state index in [1.165, 1.54) is 11.1 Å². The Balaban J connectivity index is 2.13. The first-order valence-corrected chi connectivity index (χ1v) is 6.28. The van der Waals surface area contributed by atoms with Gasteiger partial charge in [0.15, 0.2) is 0 Å². The lowest BCUT2D eigenvalue weighted by Gasteiger charge is -2.05. The third-order valence-corrected chi connectivity index (χ3v) is 2.69. The van der Waals surface area contributed by atoms with Gasteiger partial charge < -0.3 is 15.8 Å². The van der Waals surface area contributed by atoms with Gasteiger partial charge in [-0.25, -0.2) is 0 Å². The van der Waals surface area contributed by atoms with E-state index in [0.29, 0.717) is 13.0 Å². The molecule has 0 spiro atoms. The summed E-state index contributed by atoms with van der Waals surface area (Å²) in [7, 11) is 1.70. The Morgan fingerprint density at radius 2 is 1.89 bits per heavy atom. The number of carbonyl (C=O) groups excluding carboxylic acids is 1. The first-order valence-electron chi connectivity index (χ1n) is 6.28. The summed E-state index contributed by atoms with van der Waals surface area (Å²) in [5.74, 6) is -0.219. The molecular formula is C14H22N2O2. The summed E-state index contributed by atoms with van der Waals surface area (Å²) in [5, 5.41) is 3.34. The van der Waals surface area contributed by atoms with Crippen molar-refractivity contribution >= 4 is 5.91 Å². The molecule has 0 bridgehead atoms. The molecule has 1 rings (SSSR count). The van der Waals surface area contributed by atoms with Crippen LogP contribution in [-0.2, 0) is 22.7 Å². The highest BCUT2D eigenvalue weighted by molar-refractivity contribution is 5.73. The molecule has 0 aliphatic heterocycles. The third kappa shape index (κ3) is 6.37. The van der Waals surface area contributed by atoms with Gasteiger partial charge in [0, 0.05) is 20.1 Å². The maximum atomic E-state index is 10.5. The summed E-state index contributed by atoms with van der Waals surface area (Å²) < 4.78 is 5.06. The zero-order valence-electron chi connectivity index (χ0n) is 10.9. The van der Waals surface area contributed by atoms with Crippen LogP contribution in [0.3, 0.4) is 0 Å². The predicted molar refractivity (Wildman–Crippen MR) is 71.9 cm³/mol. The molecule has 4 nitrogen and oxygen atoms in total. The average Bonchev–Trinajstić information content (AvgIpc) is 2.35. The summed E-state index contributed by atoms with van der Waals surface area (Å²) in [6.45, 7) is 2.41. The predicted octanol–water partition coefficient (Wildman–Crippen LogP) is 1.58. The number of unbranched alkanes of at least 4 members (excludes halogenated alkanes) is 1. The fourth-order valence-corrected chi connectivity index (χ4v) is 1.70. The highest BCUT2D eigenvalue weighted by Gasteiger charge is 1.96. The second-order valence-corrected chi connectivity index (χ2v) is 4.35. The standard InChI is InChI=1S/C14H22N2O2/c1-18-11-13-7-5-12(6-8-13)10-16-9-3-2-4-14(15)17/h5-8,16H,2-4,9-11H2,1H3,(H2,15,17). The minimum atomic E-state index is -0.219. The van der Waals surface area contributed by atoms with E-state index in [4.69, 9.17) is 10.5 Å². The van der Waals surface area contributed by atoms with Crippen LogP contribution < -0.4 is 11.1 Å². The fourth-order valence-electron chi connectivity index (χ4n) is 1.70. The Morgan fingerprint density at radius 1 is 1.22 bits per heavy atom.